The van der Waals surface area contributed by atoms with Crippen LogP contribution in [0.3, 0.4) is 0 Å². The normalized spacial score (nSPS) is 10.2. The number of nitrogens with two attached hydrogens (primary N) is 1. The minimum absolute atomic E-state index is 0.373. The first-order chi connectivity index (χ1) is 8.69. The number of nitrogens with one attached hydrogen (secondary N) is 2. The average molecular weight is 245 g/mol. The van der Waals surface area contributed by atoms with E-state index in [-0.39, 0.29) is 0 Å². The third-order valence-electron chi connectivity index (χ3n) is 2.37. The monoisotopic (exact) mass is 245 g/mol. The molecule has 7 nitrogen and oxygen atoms in total. The first kappa shape index (κ1) is 12.2. The van der Waals surface area contributed by atoms with Gasteiger partial charge in [0.05, 0.1) is 24.1 Å². The molecule has 0 unspecified atom stereocenters. The third kappa shape index (κ3) is 2.89. The van der Waals surface area contributed by atoms with Gasteiger partial charge in [0.15, 0.2) is 0 Å². The van der Waals surface area contributed by atoms with Crippen molar-refractivity contribution in [3.63, 3.8) is 0 Å². The Morgan fingerprint density at radius 1 is 1.11 bits per heavy atom. The Morgan fingerprint density at radius 3 is 2.61 bits per heavy atom. The Bertz CT molecular complexity index is 523. The second-order valence-corrected chi connectivity index (χ2v) is 3.87. The third-order valence-corrected chi connectivity index (χ3v) is 2.37. The molecule has 0 spiro atoms. The van der Waals surface area contributed by atoms with E-state index in [2.05, 4.69) is 30.7 Å². The van der Waals surface area contributed by atoms with E-state index in [0.29, 0.717) is 12.5 Å². The van der Waals surface area contributed by atoms with Crippen LogP contribution in [0.5, 0.6) is 0 Å². The van der Waals surface area contributed by atoms with E-state index in [1.165, 1.54) is 0 Å². The summed E-state index contributed by atoms with van der Waals surface area (Å²) < 4.78 is 0. The van der Waals surface area contributed by atoms with Gasteiger partial charge in [0.1, 0.15) is 5.82 Å². The van der Waals surface area contributed by atoms with Crippen LogP contribution in [0.15, 0.2) is 18.6 Å². The number of hydrogen-bond donors (Lipinski definition) is 3. The van der Waals surface area contributed by atoms with Crippen molar-refractivity contribution in [1.29, 1.82) is 0 Å². The summed E-state index contributed by atoms with van der Waals surface area (Å²) in [4.78, 5) is 16.7. The Morgan fingerprint density at radius 2 is 1.94 bits per heavy atom. The van der Waals surface area contributed by atoms with Gasteiger partial charge in [-0.05, 0) is 13.8 Å². The van der Waals surface area contributed by atoms with Crippen molar-refractivity contribution in [2.24, 2.45) is 5.84 Å². The summed E-state index contributed by atoms with van der Waals surface area (Å²) in [5, 5.41) is 3.17. The van der Waals surface area contributed by atoms with E-state index in [4.69, 9.17) is 5.84 Å². The smallest absolute Gasteiger partial charge is 0.239 e. The lowest BCUT2D eigenvalue weighted by Crippen LogP contribution is -2.13. The Hall–Kier alpha value is -2.28. The molecule has 0 atom stereocenters. The van der Waals surface area contributed by atoms with E-state index >= 15 is 0 Å². The lowest BCUT2D eigenvalue weighted by Gasteiger charge is -2.09. The lowest BCUT2D eigenvalue weighted by molar-refractivity contribution is 0.967. The van der Waals surface area contributed by atoms with Crippen molar-refractivity contribution in [1.82, 2.24) is 19.9 Å². The minimum Gasteiger partial charge on any atom is -0.364 e. The van der Waals surface area contributed by atoms with Gasteiger partial charge in [-0.1, -0.05) is 0 Å². The molecule has 2 rings (SSSR count). The molecule has 0 saturated heterocycles. The fourth-order valence-electron chi connectivity index (χ4n) is 1.38. The van der Waals surface area contributed by atoms with E-state index < -0.39 is 0 Å². The number of anilines is 2. The van der Waals surface area contributed by atoms with Gasteiger partial charge in [0.25, 0.3) is 0 Å². The summed E-state index contributed by atoms with van der Waals surface area (Å²) in [6, 6.07) is 0. The summed E-state index contributed by atoms with van der Waals surface area (Å²) in [5.41, 5.74) is 5.09. The van der Waals surface area contributed by atoms with Gasteiger partial charge in [-0.25, -0.2) is 10.8 Å². The molecule has 0 amide bonds. The van der Waals surface area contributed by atoms with Gasteiger partial charge >= 0.3 is 0 Å². The molecule has 0 aliphatic heterocycles. The number of nitrogens with zero attached hydrogens (tertiary/aromatic N) is 4. The van der Waals surface area contributed by atoms with Crippen molar-refractivity contribution in [3.05, 3.63) is 35.5 Å². The second-order valence-electron chi connectivity index (χ2n) is 3.87. The molecule has 2 aromatic heterocycles. The Labute approximate surface area is 105 Å². The van der Waals surface area contributed by atoms with E-state index in [1.54, 1.807) is 18.6 Å². The van der Waals surface area contributed by atoms with Gasteiger partial charge in [0, 0.05) is 18.0 Å². The lowest BCUT2D eigenvalue weighted by atomic mass is 10.3. The largest absolute Gasteiger partial charge is 0.364 e. The predicted octanol–water partition coefficient (Wildman–Crippen LogP) is 0.781. The Balaban J connectivity index is 2.07. The number of rotatable bonds is 4. The van der Waals surface area contributed by atoms with Crippen molar-refractivity contribution >= 4 is 11.8 Å². The topological polar surface area (TPSA) is 102 Å². The molecular formula is C11H15N7. The van der Waals surface area contributed by atoms with Crippen molar-refractivity contribution in [2.75, 3.05) is 10.7 Å². The molecule has 0 aliphatic rings. The standard InChI is InChI=1S/C11H15N7/c1-7-3-16-11(18-12)17-10(7)15-6-9-5-13-8(2)4-14-9/h3-5H,6,12H2,1-2H3,(H2,15,16,17,18). The van der Waals surface area contributed by atoms with Gasteiger partial charge in [-0.3, -0.25) is 15.4 Å². The first-order valence-electron chi connectivity index (χ1n) is 5.50. The highest BCUT2D eigenvalue weighted by atomic mass is 15.3. The molecule has 0 saturated carbocycles. The fraction of sp³-hybridized carbons (Fsp3) is 0.273. The summed E-state index contributed by atoms with van der Waals surface area (Å²) in [6.45, 7) is 4.37. The number of nitrogen functional groups attached to an aromatic ring is 1. The van der Waals surface area contributed by atoms with Crippen LogP contribution in [0.2, 0.25) is 0 Å². The van der Waals surface area contributed by atoms with Crippen LogP contribution in [-0.4, -0.2) is 19.9 Å². The number of aryl methyl sites for hydroxylation is 2. The number of aromatic nitrogens is 4. The molecule has 2 aromatic rings. The van der Waals surface area contributed by atoms with Gasteiger partial charge in [-0.2, -0.15) is 4.98 Å². The van der Waals surface area contributed by atoms with E-state index in [1.807, 2.05) is 13.8 Å². The maximum atomic E-state index is 5.27. The van der Waals surface area contributed by atoms with Crippen LogP contribution in [0.25, 0.3) is 0 Å². The molecule has 0 fully saturated rings. The maximum absolute atomic E-state index is 5.27. The summed E-state index contributed by atoms with van der Waals surface area (Å²) in [6.07, 6.45) is 5.17. The first-order valence-corrected chi connectivity index (χ1v) is 5.50. The Kier molecular flexibility index (Phi) is 3.63. The SMILES string of the molecule is Cc1cnc(CNc2nc(NN)ncc2C)cn1. The van der Waals surface area contributed by atoms with Crippen LogP contribution in [-0.2, 0) is 6.54 Å². The summed E-state index contributed by atoms with van der Waals surface area (Å²) in [5.74, 6) is 6.36. The summed E-state index contributed by atoms with van der Waals surface area (Å²) >= 11 is 0. The van der Waals surface area contributed by atoms with E-state index in [0.717, 1.165) is 22.8 Å². The van der Waals surface area contributed by atoms with Crippen molar-refractivity contribution < 1.29 is 0 Å². The van der Waals surface area contributed by atoms with Gasteiger partial charge in [-0.15, -0.1) is 0 Å². The van der Waals surface area contributed by atoms with Crippen LogP contribution >= 0.6 is 0 Å². The summed E-state index contributed by atoms with van der Waals surface area (Å²) in [7, 11) is 0. The highest BCUT2D eigenvalue weighted by Gasteiger charge is 2.03. The van der Waals surface area contributed by atoms with Crippen LogP contribution < -0.4 is 16.6 Å². The average Bonchev–Trinajstić information content (AvgIpc) is 2.40. The van der Waals surface area contributed by atoms with E-state index in [9.17, 15) is 0 Å². The molecular weight excluding hydrogens is 230 g/mol. The predicted molar refractivity (Wildman–Crippen MR) is 68.7 cm³/mol. The zero-order chi connectivity index (χ0) is 13.0. The molecule has 94 valence electrons. The molecule has 7 heteroatoms. The molecule has 0 aliphatic carbocycles. The van der Waals surface area contributed by atoms with Gasteiger partial charge in [0.2, 0.25) is 5.95 Å². The zero-order valence-corrected chi connectivity index (χ0v) is 10.3. The maximum Gasteiger partial charge on any atom is 0.239 e. The van der Waals surface area contributed by atoms with Crippen LogP contribution in [0, 0.1) is 13.8 Å². The highest BCUT2D eigenvalue weighted by molar-refractivity contribution is 5.46. The second kappa shape index (κ2) is 5.37. The fourth-order valence-corrected chi connectivity index (χ4v) is 1.38. The molecule has 2 heterocycles. The quantitative estimate of drug-likeness (QED) is 0.540. The molecule has 0 aromatic carbocycles. The molecule has 4 N–H and O–H groups in total. The minimum atomic E-state index is 0.373. The van der Waals surface area contributed by atoms with Crippen molar-refractivity contribution in [2.45, 2.75) is 20.4 Å². The van der Waals surface area contributed by atoms with Gasteiger partial charge < -0.3 is 5.32 Å². The highest BCUT2D eigenvalue weighted by Crippen LogP contribution is 2.12. The van der Waals surface area contributed by atoms with Crippen molar-refractivity contribution in [3.8, 4) is 0 Å². The number of hydrogen-bond acceptors (Lipinski definition) is 7. The molecule has 0 bridgehead atoms. The molecule has 0 radical (unpaired) electrons. The van der Waals surface area contributed by atoms with Crippen LogP contribution in [0.4, 0.5) is 11.8 Å². The molecule has 18 heavy (non-hydrogen) atoms. The van der Waals surface area contributed by atoms with Crippen LogP contribution in [0.1, 0.15) is 17.0 Å². The zero-order valence-electron chi connectivity index (χ0n) is 10.3. The number of hydrazine groups is 1.